The summed E-state index contributed by atoms with van der Waals surface area (Å²) in [4.78, 5) is 4.84. The van der Waals surface area contributed by atoms with Gasteiger partial charge in [0, 0.05) is 44.0 Å². The van der Waals surface area contributed by atoms with Crippen molar-refractivity contribution in [2.24, 2.45) is 0 Å². The number of terminal acetylenes is 1. The average molecular weight is 454 g/mol. The minimum absolute atomic E-state index is 0. The second kappa shape index (κ2) is 9.38. The Morgan fingerprint density at radius 1 is 1.04 bits per heavy atom. The standard InChI is InChI=1S/C23H24N3S.BrH/c1-3-14-26-21-6-4-5-7-22(21)27-23(26)13-10-19-8-11-20(12-9-19)25-17-15-24(2)16-18-25;/h1,4-13H,14-18H2,2H3;1H/q+1;/p-1. The molecule has 4 rings (SSSR count). The fourth-order valence-corrected chi connectivity index (χ4v) is 4.52. The van der Waals surface area contributed by atoms with Crippen LogP contribution in [0.15, 0.2) is 48.5 Å². The van der Waals surface area contributed by atoms with E-state index in [0.29, 0.717) is 6.54 Å². The van der Waals surface area contributed by atoms with Gasteiger partial charge in [-0.2, -0.15) is 4.57 Å². The molecule has 2 aromatic carbocycles. The lowest BCUT2D eigenvalue weighted by Crippen LogP contribution is -3.00. The van der Waals surface area contributed by atoms with Crippen LogP contribution in [0, 0.1) is 12.3 Å². The molecule has 0 spiro atoms. The number of hydrogen-bond acceptors (Lipinski definition) is 3. The third-order valence-corrected chi connectivity index (χ3v) is 6.20. The van der Waals surface area contributed by atoms with E-state index in [9.17, 15) is 0 Å². The summed E-state index contributed by atoms with van der Waals surface area (Å²) >= 11 is 1.78. The molecule has 0 aliphatic carbocycles. The minimum Gasteiger partial charge on any atom is -1.00 e. The molecule has 0 N–H and O–H groups in total. The number of fused-ring (bicyclic) bond motifs is 1. The molecule has 0 bridgehead atoms. The van der Waals surface area contributed by atoms with Crippen molar-refractivity contribution in [2.75, 3.05) is 38.1 Å². The Morgan fingerprint density at radius 3 is 2.46 bits per heavy atom. The minimum atomic E-state index is 0. The highest BCUT2D eigenvalue weighted by Crippen LogP contribution is 2.23. The zero-order valence-electron chi connectivity index (χ0n) is 16.0. The average Bonchev–Trinajstić information content (AvgIpc) is 3.05. The van der Waals surface area contributed by atoms with Gasteiger partial charge in [-0.15, -0.1) is 6.42 Å². The molecule has 3 nitrogen and oxygen atoms in total. The van der Waals surface area contributed by atoms with Gasteiger partial charge in [-0.1, -0.05) is 35.6 Å². The van der Waals surface area contributed by atoms with Crippen LogP contribution in [0.1, 0.15) is 10.6 Å². The quantitative estimate of drug-likeness (QED) is 0.426. The first-order valence-corrected chi connectivity index (χ1v) is 10.1. The summed E-state index contributed by atoms with van der Waals surface area (Å²) in [7, 11) is 2.19. The first-order valence-electron chi connectivity index (χ1n) is 9.31. The summed E-state index contributed by atoms with van der Waals surface area (Å²) < 4.78 is 3.47. The van der Waals surface area contributed by atoms with Gasteiger partial charge >= 0.3 is 0 Å². The second-order valence-corrected chi connectivity index (χ2v) is 7.98. The predicted octanol–water partition coefficient (Wildman–Crippen LogP) is 0.748. The summed E-state index contributed by atoms with van der Waals surface area (Å²) in [6.07, 6.45) is 9.93. The molecule has 0 unspecified atom stereocenters. The molecule has 0 amide bonds. The van der Waals surface area contributed by atoms with E-state index in [4.69, 9.17) is 6.42 Å². The topological polar surface area (TPSA) is 10.4 Å². The van der Waals surface area contributed by atoms with Gasteiger partial charge in [0.25, 0.3) is 5.01 Å². The predicted molar refractivity (Wildman–Crippen MR) is 116 cm³/mol. The number of thiazole rings is 1. The maximum Gasteiger partial charge on any atom is 0.263 e. The Labute approximate surface area is 181 Å². The highest BCUT2D eigenvalue weighted by molar-refractivity contribution is 7.18. The van der Waals surface area contributed by atoms with E-state index >= 15 is 0 Å². The van der Waals surface area contributed by atoms with Crippen LogP contribution in [0.2, 0.25) is 0 Å². The zero-order valence-corrected chi connectivity index (χ0v) is 18.4. The van der Waals surface area contributed by atoms with Crippen molar-refractivity contribution in [2.45, 2.75) is 6.54 Å². The van der Waals surface area contributed by atoms with E-state index in [0.717, 1.165) is 26.2 Å². The molecule has 1 saturated heterocycles. The van der Waals surface area contributed by atoms with Gasteiger partial charge in [-0.3, -0.25) is 0 Å². The van der Waals surface area contributed by atoms with Crippen LogP contribution in [0.25, 0.3) is 22.4 Å². The van der Waals surface area contributed by atoms with E-state index in [2.05, 4.69) is 88.0 Å². The monoisotopic (exact) mass is 453 g/mol. The maximum atomic E-state index is 5.59. The van der Waals surface area contributed by atoms with Gasteiger partial charge < -0.3 is 26.8 Å². The smallest absolute Gasteiger partial charge is 0.263 e. The summed E-state index contributed by atoms with van der Waals surface area (Å²) in [5.74, 6) is 2.77. The lowest BCUT2D eigenvalue weighted by atomic mass is 10.1. The SMILES string of the molecule is C#CC[n+]1c(/C=C/c2ccc(N3CCN(C)CC3)cc2)sc2ccccc21.[Br-]. The molecule has 144 valence electrons. The van der Waals surface area contributed by atoms with Crippen molar-refractivity contribution >= 4 is 39.4 Å². The van der Waals surface area contributed by atoms with Gasteiger partial charge in [0.1, 0.15) is 4.70 Å². The lowest BCUT2D eigenvalue weighted by Gasteiger charge is -2.34. The van der Waals surface area contributed by atoms with Crippen molar-refractivity contribution in [3.8, 4) is 12.3 Å². The van der Waals surface area contributed by atoms with Crippen LogP contribution in [0.5, 0.6) is 0 Å². The van der Waals surface area contributed by atoms with Crippen LogP contribution in [-0.4, -0.2) is 38.1 Å². The van der Waals surface area contributed by atoms with Crippen LogP contribution in [-0.2, 0) is 6.54 Å². The van der Waals surface area contributed by atoms with E-state index in [1.807, 2.05) is 0 Å². The van der Waals surface area contributed by atoms with E-state index in [1.54, 1.807) is 11.3 Å². The fraction of sp³-hybridized carbons (Fsp3) is 0.261. The molecule has 28 heavy (non-hydrogen) atoms. The van der Waals surface area contributed by atoms with Crippen LogP contribution in [0.3, 0.4) is 0 Å². The zero-order chi connectivity index (χ0) is 18.6. The number of likely N-dealkylation sites (N-methyl/N-ethyl adjacent to an activating group) is 1. The molecule has 0 atom stereocenters. The molecule has 1 aromatic heterocycles. The third kappa shape index (κ3) is 4.47. The highest BCUT2D eigenvalue weighted by atomic mass is 79.9. The Kier molecular flexibility index (Phi) is 6.90. The van der Waals surface area contributed by atoms with Gasteiger partial charge in [-0.25, -0.2) is 0 Å². The molecule has 1 fully saturated rings. The lowest BCUT2D eigenvalue weighted by molar-refractivity contribution is -0.655. The van der Waals surface area contributed by atoms with E-state index < -0.39 is 0 Å². The molecule has 0 saturated carbocycles. The summed E-state index contributed by atoms with van der Waals surface area (Å²) in [5, 5.41) is 1.18. The fourth-order valence-electron chi connectivity index (χ4n) is 3.46. The Balaban J connectivity index is 0.00000225. The number of aromatic nitrogens is 1. The number of hydrogen-bond donors (Lipinski definition) is 0. The highest BCUT2D eigenvalue weighted by Gasteiger charge is 2.17. The Morgan fingerprint density at radius 2 is 1.75 bits per heavy atom. The van der Waals surface area contributed by atoms with Crippen molar-refractivity contribution in [1.82, 2.24) is 4.90 Å². The summed E-state index contributed by atoms with van der Waals surface area (Å²) in [6.45, 7) is 5.04. The number of benzene rings is 2. The number of rotatable bonds is 4. The van der Waals surface area contributed by atoms with Crippen molar-refractivity contribution in [3.05, 3.63) is 59.1 Å². The molecular weight excluding hydrogens is 430 g/mol. The molecule has 1 aliphatic rings. The van der Waals surface area contributed by atoms with Crippen LogP contribution in [0.4, 0.5) is 5.69 Å². The number of piperazine rings is 1. The number of halogens is 1. The van der Waals surface area contributed by atoms with Crippen molar-refractivity contribution < 1.29 is 21.5 Å². The molecule has 2 heterocycles. The maximum absolute atomic E-state index is 5.59. The molecular formula is C23H24BrN3S. The van der Waals surface area contributed by atoms with Crippen LogP contribution >= 0.6 is 11.3 Å². The first-order chi connectivity index (χ1) is 13.2. The Hall–Kier alpha value is -2.13. The van der Waals surface area contributed by atoms with Crippen molar-refractivity contribution in [1.29, 1.82) is 0 Å². The molecule has 1 aliphatic heterocycles. The van der Waals surface area contributed by atoms with E-state index in [1.165, 1.54) is 26.5 Å². The van der Waals surface area contributed by atoms with Gasteiger partial charge in [0.15, 0.2) is 0 Å². The van der Waals surface area contributed by atoms with E-state index in [-0.39, 0.29) is 17.0 Å². The van der Waals surface area contributed by atoms with Gasteiger partial charge in [0.2, 0.25) is 12.1 Å². The molecule has 5 heteroatoms. The van der Waals surface area contributed by atoms with Gasteiger partial charge in [-0.05, 0) is 42.8 Å². The summed E-state index contributed by atoms with van der Waals surface area (Å²) in [6, 6.07) is 17.3. The Bertz CT molecular complexity index is 993. The number of para-hydroxylation sites is 1. The van der Waals surface area contributed by atoms with Gasteiger partial charge in [0.05, 0.1) is 0 Å². The molecule has 0 radical (unpaired) electrons. The molecule has 3 aromatic rings. The largest absolute Gasteiger partial charge is 1.00 e. The number of nitrogens with zero attached hydrogens (tertiary/aromatic N) is 3. The number of anilines is 1. The normalized spacial score (nSPS) is 14.9. The van der Waals surface area contributed by atoms with Crippen LogP contribution < -0.4 is 26.4 Å². The third-order valence-electron chi connectivity index (χ3n) is 5.07. The summed E-state index contributed by atoms with van der Waals surface area (Å²) in [5.41, 5.74) is 3.72. The van der Waals surface area contributed by atoms with Crippen molar-refractivity contribution in [3.63, 3.8) is 0 Å². The first kappa shape index (κ1) is 20.6. The second-order valence-electron chi connectivity index (χ2n) is 6.91.